The summed E-state index contributed by atoms with van der Waals surface area (Å²) in [5, 5.41) is 3.34. The maximum atomic E-state index is 13.1. The van der Waals surface area contributed by atoms with Gasteiger partial charge in [-0.3, -0.25) is 4.90 Å². The minimum atomic E-state index is -0.438. The van der Waals surface area contributed by atoms with Crippen LogP contribution in [0.5, 0.6) is 0 Å². The zero-order chi connectivity index (χ0) is 14.7. The van der Waals surface area contributed by atoms with E-state index in [1.165, 1.54) is 11.6 Å². The van der Waals surface area contributed by atoms with E-state index in [9.17, 15) is 4.39 Å². The first-order valence-electron chi connectivity index (χ1n) is 7.38. The Labute approximate surface area is 124 Å². The van der Waals surface area contributed by atoms with E-state index < -0.39 is 5.95 Å². The maximum Gasteiger partial charge on any atom is 0.214 e. The van der Waals surface area contributed by atoms with Gasteiger partial charge < -0.3 is 5.32 Å². The third kappa shape index (κ3) is 3.58. The highest BCUT2D eigenvalue weighted by Gasteiger charge is 2.28. The summed E-state index contributed by atoms with van der Waals surface area (Å²) >= 11 is 0. The Hall–Kier alpha value is -1.94. The predicted octanol–water partition coefficient (Wildman–Crippen LogP) is 3.30. The summed E-state index contributed by atoms with van der Waals surface area (Å²) in [7, 11) is 0. The molecular weight excluding hydrogens is 265 g/mol. The normalized spacial score (nSPS) is 22.4. The van der Waals surface area contributed by atoms with Crippen LogP contribution in [0.1, 0.15) is 18.9 Å². The summed E-state index contributed by atoms with van der Waals surface area (Å²) in [6.07, 6.45) is 1.05. The number of benzene rings is 1. The first-order valence-corrected chi connectivity index (χ1v) is 7.38. The molecule has 2 atom stereocenters. The second-order valence-corrected chi connectivity index (χ2v) is 5.69. The number of nitrogens with zero attached hydrogens (tertiary/aromatic N) is 2. The number of aromatic nitrogens is 1. The van der Waals surface area contributed by atoms with Crippen LogP contribution in [0.3, 0.4) is 0 Å². The van der Waals surface area contributed by atoms with Crippen molar-refractivity contribution in [3.8, 4) is 0 Å². The van der Waals surface area contributed by atoms with Gasteiger partial charge in [0, 0.05) is 25.2 Å². The van der Waals surface area contributed by atoms with E-state index in [4.69, 9.17) is 0 Å². The number of hydrogen-bond donors (Lipinski definition) is 1. The number of nitrogens with one attached hydrogen (secondary N) is 1. The van der Waals surface area contributed by atoms with E-state index in [-0.39, 0.29) is 0 Å². The summed E-state index contributed by atoms with van der Waals surface area (Å²) in [5.41, 5.74) is 1.33. The molecule has 110 valence electrons. The number of pyridine rings is 1. The highest BCUT2D eigenvalue weighted by molar-refractivity contribution is 5.35. The molecule has 1 N–H and O–H groups in total. The average molecular weight is 285 g/mol. The van der Waals surface area contributed by atoms with Gasteiger partial charge in [0.1, 0.15) is 5.82 Å². The minimum Gasteiger partial charge on any atom is -0.366 e. The van der Waals surface area contributed by atoms with Gasteiger partial charge in [-0.2, -0.15) is 4.39 Å². The molecule has 2 unspecified atom stereocenters. The molecule has 1 aliphatic heterocycles. The Balaban J connectivity index is 1.61. The van der Waals surface area contributed by atoms with E-state index in [2.05, 4.69) is 46.4 Å². The van der Waals surface area contributed by atoms with Crippen LogP contribution in [0.25, 0.3) is 0 Å². The molecule has 0 saturated carbocycles. The van der Waals surface area contributed by atoms with Crippen molar-refractivity contribution in [3.05, 3.63) is 60.0 Å². The average Bonchev–Trinajstić information content (AvgIpc) is 2.80. The number of anilines is 1. The Morgan fingerprint density at radius 3 is 2.76 bits per heavy atom. The summed E-state index contributed by atoms with van der Waals surface area (Å²) in [4.78, 5) is 6.33. The Morgan fingerprint density at radius 2 is 2.00 bits per heavy atom. The monoisotopic (exact) mass is 285 g/mol. The quantitative estimate of drug-likeness (QED) is 0.874. The van der Waals surface area contributed by atoms with Gasteiger partial charge in [-0.1, -0.05) is 36.4 Å². The topological polar surface area (TPSA) is 28.2 Å². The van der Waals surface area contributed by atoms with Crippen molar-refractivity contribution in [3.63, 3.8) is 0 Å². The molecule has 0 amide bonds. The van der Waals surface area contributed by atoms with E-state index in [1.54, 1.807) is 6.07 Å². The number of rotatable bonds is 4. The molecule has 1 aromatic carbocycles. The smallest absolute Gasteiger partial charge is 0.214 e. The number of hydrogen-bond acceptors (Lipinski definition) is 3. The van der Waals surface area contributed by atoms with Crippen molar-refractivity contribution >= 4 is 5.82 Å². The van der Waals surface area contributed by atoms with Crippen LogP contribution in [-0.2, 0) is 6.54 Å². The van der Waals surface area contributed by atoms with E-state index in [1.807, 2.05) is 12.1 Å². The van der Waals surface area contributed by atoms with E-state index in [0.717, 1.165) is 19.5 Å². The molecule has 2 aromatic rings. The van der Waals surface area contributed by atoms with Gasteiger partial charge >= 0.3 is 0 Å². The van der Waals surface area contributed by atoms with Crippen molar-refractivity contribution in [1.82, 2.24) is 9.88 Å². The van der Waals surface area contributed by atoms with Crippen LogP contribution in [0, 0.1) is 5.95 Å². The minimum absolute atomic E-state index is 0.318. The molecule has 1 fully saturated rings. The van der Waals surface area contributed by atoms with Gasteiger partial charge in [0.25, 0.3) is 0 Å². The van der Waals surface area contributed by atoms with Crippen LogP contribution in [0.15, 0.2) is 48.5 Å². The van der Waals surface area contributed by atoms with Crippen LogP contribution < -0.4 is 5.32 Å². The van der Waals surface area contributed by atoms with E-state index in [0.29, 0.717) is 17.9 Å². The van der Waals surface area contributed by atoms with E-state index >= 15 is 0 Å². The highest BCUT2D eigenvalue weighted by Crippen LogP contribution is 2.22. The molecular formula is C17H20FN3. The predicted molar refractivity (Wildman–Crippen MR) is 82.5 cm³/mol. The second-order valence-electron chi connectivity index (χ2n) is 5.69. The largest absolute Gasteiger partial charge is 0.366 e. The Morgan fingerprint density at radius 1 is 1.19 bits per heavy atom. The first kappa shape index (κ1) is 14.0. The van der Waals surface area contributed by atoms with Crippen molar-refractivity contribution in [1.29, 1.82) is 0 Å². The molecule has 2 heterocycles. The molecule has 0 bridgehead atoms. The lowest BCUT2D eigenvalue weighted by Crippen LogP contribution is -2.28. The van der Waals surface area contributed by atoms with Crippen LogP contribution in [0.2, 0.25) is 0 Å². The van der Waals surface area contributed by atoms with Crippen molar-refractivity contribution < 1.29 is 4.39 Å². The third-order valence-electron chi connectivity index (χ3n) is 4.00. The molecule has 1 saturated heterocycles. The van der Waals surface area contributed by atoms with Gasteiger partial charge in [0.15, 0.2) is 0 Å². The Bertz CT molecular complexity index is 588. The third-order valence-corrected chi connectivity index (χ3v) is 4.00. The SMILES string of the molecule is CC1CC(Nc2cccc(F)n2)CN1Cc1ccccc1. The summed E-state index contributed by atoms with van der Waals surface area (Å²) in [6.45, 7) is 4.15. The van der Waals surface area contributed by atoms with Crippen LogP contribution in [0.4, 0.5) is 10.2 Å². The molecule has 21 heavy (non-hydrogen) atoms. The molecule has 0 aliphatic carbocycles. The summed E-state index contributed by atoms with van der Waals surface area (Å²) in [6, 6.07) is 16.2. The lowest BCUT2D eigenvalue weighted by Gasteiger charge is -2.20. The van der Waals surface area contributed by atoms with Gasteiger partial charge in [-0.25, -0.2) is 4.98 Å². The number of halogens is 1. The fourth-order valence-electron chi connectivity index (χ4n) is 2.94. The van der Waals surface area contributed by atoms with Crippen molar-refractivity contribution in [2.45, 2.75) is 32.0 Å². The van der Waals surface area contributed by atoms with Crippen LogP contribution in [-0.4, -0.2) is 28.5 Å². The van der Waals surface area contributed by atoms with Gasteiger partial charge in [-0.05, 0) is 31.0 Å². The number of likely N-dealkylation sites (tertiary alicyclic amines) is 1. The van der Waals surface area contributed by atoms with Gasteiger partial charge in [0.2, 0.25) is 5.95 Å². The first-order chi connectivity index (χ1) is 10.2. The molecule has 0 radical (unpaired) electrons. The molecule has 0 spiro atoms. The van der Waals surface area contributed by atoms with Crippen molar-refractivity contribution in [2.24, 2.45) is 0 Å². The lowest BCUT2D eigenvalue weighted by molar-refractivity contribution is 0.259. The summed E-state index contributed by atoms with van der Waals surface area (Å²) in [5.74, 6) is 0.181. The molecule has 1 aliphatic rings. The standard InChI is InChI=1S/C17H20FN3/c1-13-10-15(19-17-9-5-8-16(18)20-17)12-21(13)11-14-6-3-2-4-7-14/h2-9,13,15H,10-12H2,1H3,(H,19,20). The maximum absolute atomic E-state index is 13.1. The lowest BCUT2D eigenvalue weighted by atomic mass is 10.2. The van der Waals surface area contributed by atoms with Gasteiger partial charge in [0.05, 0.1) is 0 Å². The van der Waals surface area contributed by atoms with Crippen molar-refractivity contribution in [2.75, 3.05) is 11.9 Å². The Kier molecular flexibility index (Phi) is 4.15. The second kappa shape index (κ2) is 6.22. The highest BCUT2D eigenvalue weighted by atomic mass is 19.1. The molecule has 3 rings (SSSR count). The zero-order valence-corrected chi connectivity index (χ0v) is 12.2. The molecule has 3 nitrogen and oxygen atoms in total. The fraction of sp³-hybridized carbons (Fsp3) is 0.353. The fourth-order valence-corrected chi connectivity index (χ4v) is 2.94. The van der Waals surface area contributed by atoms with Gasteiger partial charge in [-0.15, -0.1) is 0 Å². The molecule has 1 aromatic heterocycles. The zero-order valence-electron chi connectivity index (χ0n) is 12.2. The molecule has 4 heteroatoms. The summed E-state index contributed by atoms with van der Waals surface area (Å²) < 4.78 is 13.1. The van der Waals surface area contributed by atoms with Crippen LogP contribution >= 0.6 is 0 Å².